The average Bonchev–Trinajstić information content (AvgIpc) is 2.82. The second-order valence-corrected chi connectivity index (χ2v) is 5.34. The van der Waals surface area contributed by atoms with E-state index in [2.05, 4.69) is 23.4 Å². The van der Waals surface area contributed by atoms with Gasteiger partial charge < -0.3 is 10.2 Å². The van der Waals surface area contributed by atoms with Crippen LogP contribution in [0.2, 0.25) is 0 Å². The molecule has 0 spiro atoms. The minimum atomic E-state index is 0.863. The van der Waals surface area contributed by atoms with Crippen LogP contribution in [0.15, 0.2) is 40.9 Å². The molecule has 0 saturated heterocycles. The fourth-order valence-electron chi connectivity index (χ4n) is 2.14. The van der Waals surface area contributed by atoms with Crippen LogP contribution in [0.5, 0.6) is 0 Å². The van der Waals surface area contributed by atoms with E-state index in [9.17, 15) is 0 Å². The van der Waals surface area contributed by atoms with Crippen LogP contribution in [-0.4, -0.2) is 29.2 Å². The zero-order valence-corrected chi connectivity index (χ0v) is 12.4. The third-order valence-corrected chi connectivity index (χ3v) is 4.30. The molecule has 2 nitrogen and oxygen atoms in total. The average molecular weight is 278 g/mol. The lowest BCUT2D eigenvalue weighted by molar-refractivity contribution is 0.421. The Morgan fingerprint density at radius 1 is 1.39 bits per heavy atom. The number of nitrogens with zero attached hydrogens (tertiary/aromatic N) is 1. The minimum absolute atomic E-state index is 0.863. The Labute approximate surface area is 118 Å². The van der Waals surface area contributed by atoms with Crippen molar-refractivity contribution in [1.82, 2.24) is 4.90 Å². The van der Waals surface area contributed by atoms with Gasteiger partial charge in [-0.15, -0.1) is 11.8 Å². The lowest BCUT2D eigenvalue weighted by Gasteiger charge is -2.18. The van der Waals surface area contributed by atoms with Crippen LogP contribution in [0.1, 0.15) is 13.3 Å². The first kappa shape index (κ1) is 13.4. The summed E-state index contributed by atoms with van der Waals surface area (Å²) in [6.45, 7) is 4.32. The van der Waals surface area contributed by atoms with Gasteiger partial charge in [0.1, 0.15) is 4.99 Å². The quantitative estimate of drug-likeness (QED) is 0.844. The molecule has 1 aromatic rings. The lowest BCUT2D eigenvalue weighted by atomic mass is 10.2. The summed E-state index contributed by atoms with van der Waals surface area (Å²) in [5, 5.41) is 4.65. The third-order valence-electron chi connectivity index (χ3n) is 3.06. The molecule has 0 unspecified atom stereocenters. The van der Waals surface area contributed by atoms with Crippen molar-refractivity contribution < 1.29 is 0 Å². The molecule has 1 heterocycles. The third kappa shape index (κ3) is 2.87. The number of hydrogen-bond donors (Lipinski definition) is 1. The van der Waals surface area contributed by atoms with Gasteiger partial charge in [-0.05, 0) is 31.7 Å². The molecule has 2 rings (SSSR count). The number of thioether (sulfide) groups is 1. The molecule has 1 N–H and O–H groups in total. The van der Waals surface area contributed by atoms with Crippen LogP contribution in [0.25, 0.3) is 0 Å². The Morgan fingerprint density at radius 2 is 2.11 bits per heavy atom. The maximum atomic E-state index is 5.53. The first-order valence-corrected chi connectivity index (χ1v) is 7.78. The van der Waals surface area contributed by atoms with Crippen LogP contribution < -0.4 is 5.32 Å². The highest BCUT2D eigenvalue weighted by molar-refractivity contribution is 8.02. The molecular weight excluding hydrogens is 260 g/mol. The Balaban J connectivity index is 2.14. The van der Waals surface area contributed by atoms with Crippen molar-refractivity contribution in [3.8, 4) is 0 Å². The normalized spacial score (nSPS) is 15.1. The summed E-state index contributed by atoms with van der Waals surface area (Å²) in [4.78, 5) is 3.25. The van der Waals surface area contributed by atoms with Crippen molar-refractivity contribution in [3.63, 3.8) is 0 Å². The maximum Gasteiger partial charge on any atom is 0.109 e. The van der Waals surface area contributed by atoms with Crippen LogP contribution in [-0.2, 0) is 0 Å². The molecule has 0 saturated carbocycles. The largest absolute Gasteiger partial charge is 0.366 e. The lowest BCUT2D eigenvalue weighted by Crippen LogP contribution is -2.17. The zero-order valence-electron chi connectivity index (χ0n) is 10.8. The van der Waals surface area contributed by atoms with Gasteiger partial charge in [-0.25, -0.2) is 0 Å². The van der Waals surface area contributed by atoms with Gasteiger partial charge in [0.25, 0.3) is 0 Å². The summed E-state index contributed by atoms with van der Waals surface area (Å²) in [5.74, 6) is 0. The second kappa shape index (κ2) is 6.25. The van der Waals surface area contributed by atoms with E-state index in [1.54, 1.807) is 11.8 Å². The Morgan fingerprint density at radius 3 is 2.72 bits per heavy atom. The van der Waals surface area contributed by atoms with Crippen LogP contribution in [0.3, 0.4) is 0 Å². The van der Waals surface area contributed by atoms with Crippen molar-refractivity contribution in [2.24, 2.45) is 0 Å². The van der Waals surface area contributed by atoms with Crippen molar-refractivity contribution >= 4 is 34.7 Å². The molecule has 0 bridgehead atoms. The van der Waals surface area contributed by atoms with Crippen molar-refractivity contribution in [1.29, 1.82) is 0 Å². The molecule has 0 aliphatic carbocycles. The van der Waals surface area contributed by atoms with E-state index in [1.807, 2.05) is 30.3 Å². The molecule has 0 fully saturated rings. The summed E-state index contributed by atoms with van der Waals surface area (Å²) in [5.41, 5.74) is 2.34. The Kier molecular flexibility index (Phi) is 4.66. The number of rotatable bonds is 4. The summed E-state index contributed by atoms with van der Waals surface area (Å²) in [6.07, 6.45) is 3.16. The number of nitrogens with one attached hydrogen (secondary N) is 1. The molecule has 1 aromatic carbocycles. The van der Waals surface area contributed by atoms with E-state index >= 15 is 0 Å². The number of benzene rings is 1. The number of thiocarbonyl (C=S) groups is 1. The monoisotopic (exact) mass is 278 g/mol. The van der Waals surface area contributed by atoms with Gasteiger partial charge in [-0.3, -0.25) is 0 Å². The Hall–Kier alpha value is -1.00. The number of para-hydroxylation sites is 1. The second-order valence-electron chi connectivity index (χ2n) is 4.14. The summed E-state index contributed by atoms with van der Waals surface area (Å²) in [7, 11) is 0. The fourth-order valence-corrected chi connectivity index (χ4v) is 3.45. The van der Waals surface area contributed by atoms with E-state index in [-0.39, 0.29) is 0 Å². The predicted molar refractivity (Wildman–Crippen MR) is 85.1 cm³/mol. The molecule has 96 valence electrons. The van der Waals surface area contributed by atoms with E-state index in [1.165, 1.54) is 10.6 Å². The minimum Gasteiger partial charge on any atom is -0.366 e. The van der Waals surface area contributed by atoms with Gasteiger partial charge in [0.2, 0.25) is 0 Å². The zero-order chi connectivity index (χ0) is 13.0. The van der Waals surface area contributed by atoms with Crippen molar-refractivity contribution in [2.45, 2.75) is 13.3 Å². The van der Waals surface area contributed by atoms with Gasteiger partial charge in [0.05, 0.1) is 5.03 Å². The van der Waals surface area contributed by atoms with Crippen molar-refractivity contribution in [3.05, 3.63) is 40.9 Å². The molecule has 0 atom stereocenters. The Bertz CT molecular complexity index is 454. The molecule has 1 aliphatic rings. The van der Waals surface area contributed by atoms with E-state index in [0.29, 0.717) is 0 Å². The van der Waals surface area contributed by atoms with Crippen LogP contribution in [0, 0.1) is 0 Å². The number of hydrogen-bond acceptors (Lipinski definition) is 3. The number of anilines is 1. The highest BCUT2D eigenvalue weighted by Gasteiger charge is 2.23. The highest BCUT2D eigenvalue weighted by Crippen LogP contribution is 2.31. The van der Waals surface area contributed by atoms with Gasteiger partial charge in [0.15, 0.2) is 0 Å². The van der Waals surface area contributed by atoms with E-state index in [4.69, 9.17) is 12.2 Å². The first-order valence-electron chi connectivity index (χ1n) is 6.14. The standard InChI is InChI=1S/C14H18N2S2/c1-3-16-10-9-12(14(16)18-2)13(17)15-11-7-5-4-6-8-11/h4-8H,3,9-10H2,1-2H3,(H,15,17). The maximum absolute atomic E-state index is 5.53. The molecule has 18 heavy (non-hydrogen) atoms. The van der Waals surface area contributed by atoms with Gasteiger partial charge in [-0.2, -0.15) is 0 Å². The van der Waals surface area contributed by atoms with Crippen LogP contribution >= 0.6 is 24.0 Å². The smallest absolute Gasteiger partial charge is 0.109 e. The van der Waals surface area contributed by atoms with E-state index < -0.39 is 0 Å². The molecule has 0 amide bonds. The summed E-state index contributed by atoms with van der Waals surface area (Å²) >= 11 is 7.32. The highest BCUT2D eigenvalue weighted by atomic mass is 32.2. The van der Waals surface area contributed by atoms with Crippen LogP contribution in [0.4, 0.5) is 5.69 Å². The topological polar surface area (TPSA) is 15.3 Å². The fraction of sp³-hybridized carbons (Fsp3) is 0.357. The van der Waals surface area contributed by atoms with Gasteiger partial charge in [-0.1, -0.05) is 30.4 Å². The van der Waals surface area contributed by atoms with E-state index in [0.717, 1.165) is 30.2 Å². The molecule has 4 heteroatoms. The predicted octanol–water partition coefficient (Wildman–Crippen LogP) is 3.73. The first-order chi connectivity index (χ1) is 8.76. The summed E-state index contributed by atoms with van der Waals surface area (Å²) in [6, 6.07) is 10.1. The molecule has 1 aliphatic heterocycles. The SMILES string of the molecule is CCN1CCC(C(=S)Nc2ccccc2)=C1SC. The van der Waals surface area contributed by atoms with Crippen molar-refractivity contribution in [2.75, 3.05) is 24.7 Å². The molecule has 0 radical (unpaired) electrons. The molecule has 0 aromatic heterocycles. The van der Waals surface area contributed by atoms with Gasteiger partial charge in [0, 0.05) is 24.4 Å². The summed E-state index contributed by atoms with van der Waals surface area (Å²) < 4.78 is 0. The van der Waals surface area contributed by atoms with Gasteiger partial charge >= 0.3 is 0 Å². The molecular formula is C14H18N2S2.